The van der Waals surface area contributed by atoms with Gasteiger partial charge in [-0.3, -0.25) is 4.79 Å². The van der Waals surface area contributed by atoms with Gasteiger partial charge in [-0.15, -0.1) is 11.3 Å². The summed E-state index contributed by atoms with van der Waals surface area (Å²) < 4.78 is 41.9. The Morgan fingerprint density at radius 1 is 1.20 bits per heavy atom. The molecule has 0 saturated heterocycles. The quantitative estimate of drug-likeness (QED) is 0.327. The first kappa shape index (κ1) is 24.5. The maximum Gasteiger partial charge on any atom is 0.416 e. The number of alkyl halides is 3. The van der Waals surface area contributed by atoms with Crippen molar-refractivity contribution in [2.45, 2.75) is 32.4 Å². The maximum atomic E-state index is 13.1. The smallest absolute Gasteiger partial charge is 0.401 e. The second-order valence-electron chi connectivity index (χ2n) is 8.65. The summed E-state index contributed by atoms with van der Waals surface area (Å²) in [4.78, 5) is 13.7. The largest absolute Gasteiger partial charge is 0.416 e. The van der Waals surface area contributed by atoms with E-state index >= 15 is 0 Å². The molecule has 0 aliphatic carbocycles. The van der Waals surface area contributed by atoms with Crippen molar-refractivity contribution in [3.8, 4) is 5.69 Å². The molecule has 0 bridgehead atoms. The number of nitrogens with zero attached hydrogens (tertiary/aromatic N) is 2. The van der Waals surface area contributed by atoms with Crippen LogP contribution in [-0.2, 0) is 12.6 Å². The van der Waals surface area contributed by atoms with Crippen molar-refractivity contribution in [3.63, 3.8) is 0 Å². The summed E-state index contributed by atoms with van der Waals surface area (Å²) in [6.45, 7) is 7.69. The van der Waals surface area contributed by atoms with Gasteiger partial charge in [-0.1, -0.05) is 50.8 Å². The van der Waals surface area contributed by atoms with Crippen LogP contribution in [0.25, 0.3) is 15.8 Å². The SMILES string of the molecule is C=C(N)CNC(=O)c1cn(-c2cccc3cc(Cc4cccc(C(F)(F)F)c4)sc23)nc1C(C)C. The Kier molecular flexibility index (Phi) is 6.71. The maximum absolute atomic E-state index is 13.1. The average Bonchev–Trinajstić information content (AvgIpc) is 3.41. The first-order valence-corrected chi connectivity index (χ1v) is 11.8. The van der Waals surface area contributed by atoms with Crippen molar-refractivity contribution < 1.29 is 18.0 Å². The predicted molar refractivity (Wildman–Crippen MR) is 133 cm³/mol. The van der Waals surface area contributed by atoms with E-state index in [4.69, 9.17) is 10.8 Å². The second-order valence-corrected chi connectivity index (χ2v) is 9.79. The number of thiophene rings is 1. The summed E-state index contributed by atoms with van der Waals surface area (Å²) in [7, 11) is 0. The number of halogens is 3. The predicted octanol–water partition coefficient (Wildman–Crippen LogP) is 6.02. The highest BCUT2D eigenvalue weighted by Gasteiger charge is 2.30. The van der Waals surface area contributed by atoms with E-state index in [1.807, 2.05) is 38.1 Å². The Hall–Kier alpha value is -3.59. The third-order valence-electron chi connectivity index (χ3n) is 5.46. The van der Waals surface area contributed by atoms with Crippen LogP contribution >= 0.6 is 11.3 Å². The lowest BCUT2D eigenvalue weighted by Crippen LogP contribution is -2.28. The van der Waals surface area contributed by atoms with Crippen LogP contribution in [0.5, 0.6) is 0 Å². The number of carbonyl (C=O) groups is 1. The van der Waals surface area contributed by atoms with Gasteiger partial charge in [0.25, 0.3) is 5.91 Å². The van der Waals surface area contributed by atoms with E-state index in [9.17, 15) is 18.0 Å². The summed E-state index contributed by atoms with van der Waals surface area (Å²) in [6, 6.07) is 13.1. The van der Waals surface area contributed by atoms with E-state index in [2.05, 4.69) is 11.9 Å². The Bertz CT molecular complexity index is 1400. The molecular formula is C26H25F3N4OS. The number of nitrogens with one attached hydrogen (secondary N) is 1. The van der Waals surface area contributed by atoms with Gasteiger partial charge < -0.3 is 11.1 Å². The number of fused-ring (bicyclic) bond motifs is 1. The molecule has 2 aromatic carbocycles. The number of benzene rings is 2. The molecule has 0 fully saturated rings. The first-order chi connectivity index (χ1) is 16.5. The van der Waals surface area contributed by atoms with Crippen LogP contribution in [0.15, 0.2) is 67.0 Å². The molecule has 4 aromatic rings. The van der Waals surface area contributed by atoms with E-state index < -0.39 is 11.7 Å². The molecule has 0 spiro atoms. The Morgan fingerprint density at radius 2 is 1.94 bits per heavy atom. The van der Waals surface area contributed by atoms with Gasteiger partial charge in [-0.05, 0) is 35.1 Å². The number of hydrogen-bond donors (Lipinski definition) is 2. The van der Waals surface area contributed by atoms with Crippen molar-refractivity contribution in [1.82, 2.24) is 15.1 Å². The van der Waals surface area contributed by atoms with Gasteiger partial charge in [-0.25, -0.2) is 4.68 Å². The molecule has 2 heterocycles. The number of amides is 1. The van der Waals surface area contributed by atoms with Gasteiger partial charge in [0.1, 0.15) is 0 Å². The van der Waals surface area contributed by atoms with Crippen LogP contribution in [0.1, 0.15) is 51.8 Å². The topological polar surface area (TPSA) is 72.9 Å². The summed E-state index contributed by atoms with van der Waals surface area (Å²) >= 11 is 1.50. The fourth-order valence-electron chi connectivity index (χ4n) is 3.83. The average molecular weight is 499 g/mol. The van der Waals surface area contributed by atoms with E-state index in [1.54, 1.807) is 16.9 Å². The van der Waals surface area contributed by atoms with Crippen LogP contribution in [0.2, 0.25) is 0 Å². The van der Waals surface area contributed by atoms with Gasteiger partial charge in [0.15, 0.2) is 0 Å². The molecule has 0 aliphatic heterocycles. The van der Waals surface area contributed by atoms with Crippen molar-refractivity contribution in [3.05, 3.63) is 94.3 Å². The normalized spacial score (nSPS) is 11.8. The molecular weight excluding hydrogens is 473 g/mol. The zero-order chi connectivity index (χ0) is 25.3. The van der Waals surface area contributed by atoms with Crippen LogP contribution in [0, 0.1) is 0 Å². The van der Waals surface area contributed by atoms with Crippen molar-refractivity contribution >= 4 is 27.3 Å². The molecule has 1 amide bonds. The molecule has 0 unspecified atom stereocenters. The second kappa shape index (κ2) is 9.58. The highest BCUT2D eigenvalue weighted by atomic mass is 32.1. The van der Waals surface area contributed by atoms with Gasteiger partial charge in [0.05, 0.1) is 33.8 Å². The molecule has 5 nitrogen and oxygen atoms in total. The van der Waals surface area contributed by atoms with Crippen molar-refractivity contribution in [2.24, 2.45) is 5.73 Å². The molecule has 0 saturated carbocycles. The summed E-state index contributed by atoms with van der Waals surface area (Å²) in [5, 5.41) is 8.40. The molecule has 0 radical (unpaired) electrons. The fourth-order valence-corrected chi connectivity index (χ4v) is 5.03. The van der Waals surface area contributed by atoms with E-state index in [-0.39, 0.29) is 18.4 Å². The standard InChI is InChI=1S/C26H25F3N4OS/c1-15(2)23-21(25(34)31-13-16(3)30)14-33(32-23)22-9-5-7-18-12-20(35-24(18)22)11-17-6-4-8-19(10-17)26(27,28)29/h4-10,12,14-15H,3,11,13,30H2,1-2H3,(H,31,34). The van der Waals surface area contributed by atoms with Gasteiger partial charge in [0.2, 0.25) is 0 Å². The van der Waals surface area contributed by atoms with Crippen LogP contribution in [-0.4, -0.2) is 22.2 Å². The Balaban J connectivity index is 1.69. The lowest BCUT2D eigenvalue weighted by molar-refractivity contribution is -0.137. The number of hydrogen-bond acceptors (Lipinski definition) is 4. The zero-order valence-corrected chi connectivity index (χ0v) is 20.1. The minimum Gasteiger partial charge on any atom is -0.401 e. The summed E-state index contributed by atoms with van der Waals surface area (Å²) in [6.07, 6.45) is -2.29. The fraction of sp³-hybridized carbons (Fsp3) is 0.231. The highest BCUT2D eigenvalue weighted by Crippen LogP contribution is 2.34. The molecule has 0 atom stereocenters. The molecule has 2 aromatic heterocycles. The first-order valence-electron chi connectivity index (χ1n) is 11.0. The van der Waals surface area contributed by atoms with E-state index in [0.29, 0.717) is 28.9 Å². The zero-order valence-electron chi connectivity index (χ0n) is 19.3. The van der Waals surface area contributed by atoms with E-state index in [0.717, 1.165) is 26.7 Å². The Morgan fingerprint density at radius 3 is 2.63 bits per heavy atom. The Labute approximate surface area is 205 Å². The van der Waals surface area contributed by atoms with Crippen LogP contribution < -0.4 is 11.1 Å². The van der Waals surface area contributed by atoms with E-state index in [1.165, 1.54) is 23.5 Å². The van der Waals surface area contributed by atoms with Crippen LogP contribution in [0.3, 0.4) is 0 Å². The monoisotopic (exact) mass is 498 g/mol. The third kappa shape index (κ3) is 5.40. The number of nitrogens with two attached hydrogens (primary N) is 1. The molecule has 182 valence electrons. The number of aromatic nitrogens is 2. The molecule has 9 heteroatoms. The number of rotatable bonds is 7. The third-order valence-corrected chi connectivity index (χ3v) is 6.64. The summed E-state index contributed by atoms with van der Waals surface area (Å²) in [5.41, 5.74) is 7.78. The minimum atomic E-state index is -4.38. The van der Waals surface area contributed by atoms with Gasteiger partial charge in [-0.2, -0.15) is 18.3 Å². The lowest BCUT2D eigenvalue weighted by Gasteiger charge is -2.08. The van der Waals surface area contributed by atoms with Gasteiger partial charge >= 0.3 is 6.18 Å². The van der Waals surface area contributed by atoms with Crippen LogP contribution in [0.4, 0.5) is 13.2 Å². The minimum absolute atomic E-state index is 0.0112. The number of carbonyl (C=O) groups excluding carboxylic acids is 1. The highest BCUT2D eigenvalue weighted by molar-refractivity contribution is 7.19. The summed E-state index contributed by atoms with van der Waals surface area (Å²) in [5.74, 6) is -0.271. The molecule has 0 aliphatic rings. The molecule has 35 heavy (non-hydrogen) atoms. The molecule has 3 N–H and O–H groups in total. The van der Waals surface area contributed by atoms with Crippen molar-refractivity contribution in [2.75, 3.05) is 6.54 Å². The van der Waals surface area contributed by atoms with Gasteiger partial charge in [0, 0.05) is 23.2 Å². The molecule has 4 rings (SSSR count). The van der Waals surface area contributed by atoms with Crippen molar-refractivity contribution in [1.29, 1.82) is 0 Å². The lowest BCUT2D eigenvalue weighted by atomic mass is 10.1.